The number of benzene rings is 7. The molecule has 0 amide bonds. The Bertz CT molecular complexity index is 2280. The number of fused-ring (bicyclic) bond motifs is 4. The maximum Gasteiger partial charge on any atom is 0.252 e. The minimum Gasteiger partial charge on any atom is -0.311 e. The van der Waals surface area contributed by atoms with Crippen LogP contribution in [0.2, 0.25) is 0 Å². The number of hydrogen-bond donors (Lipinski definition) is 0. The fraction of sp³-hybridized carbons (Fsp3) is 0.0667. The zero-order valence-electron chi connectivity index (χ0n) is 27.2. The normalized spacial score (nSPS) is 12.9. The van der Waals surface area contributed by atoms with Gasteiger partial charge in [0.15, 0.2) is 0 Å². The molecular formula is C45H35BN2. The molecule has 0 saturated carbocycles. The summed E-state index contributed by atoms with van der Waals surface area (Å²) in [6.45, 7) is 4.60. The van der Waals surface area contributed by atoms with Crippen molar-refractivity contribution in [2.45, 2.75) is 19.8 Å². The van der Waals surface area contributed by atoms with Crippen molar-refractivity contribution in [3.8, 4) is 22.3 Å². The summed E-state index contributed by atoms with van der Waals surface area (Å²) in [5, 5.41) is 0. The molecule has 0 fully saturated rings. The number of anilines is 6. The second-order valence-electron chi connectivity index (χ2n) is 13.2. The van der Waals surface area contributed by atoms with E-state index in [0.717, 1.165) is 5.69 Å². The molecule has 2 aliphatic rings. The lowest BCUT2D eigenvalue weighted by Gasteiger charge is -2.44. The van der Waals surface area contributed by atoms with E-state index in [9.17, 15) is 0 Å². The highest BCUT2D eigenvalue weighted by Crippen LogP contribution is 2.44. The fourth-order valence-corrected chi connectivity index (χ4v) is 7.72. The molecule has 0 saturated heterocycles. The first-order chi connectivity index (χ1) is 23.7. The first-order valence-corrected chi connectivity index (χ1v) is 16.9. The molecule has 48 heavy (non-hydrogen) atoms. The molecule has 7 aromatic rings. The molecule has 228 valence electrons. The Labute approximate surface area is 283 Å². The molecule has 2 nitrogen and oxygen atoms in total. The van der Waals surface area contributed by atoms with Gasteiger partial charge in [0.25, 0.3) is 6.71 Å². The van der Waals surface area contributed by atoms with Crippen LogP contribution in [0, 0.1) is 0 Å². The lowest BCUT2D eigenvalue weighted by molar-refractivity contribution is 0.867. The van der Waals surface area contributed by atoms with Crippen molar-refractivity contribution in [1.29, 1.82) is 0 Å². The quantitative estimate of drug-likeness (QED) is 0.178. The van der Waals surface area contributed by atoms with Crippen molar-refractivity contribution in [1.82, 2.24) is 0 Å². The third-order valence-corrected chi connectivity index (χ3v) is 10.0. The zero-order chi connectivity index (χ0) is 32.2. The average Bonchev–Trinajstić information content (AvgIpc) is 3.15. The van der Waals surface area contributed by atoms with Gasteiger partial charge >= 0.3 is 0 Å². The van der Waals surface area contributed by atoms with Crippen LogP contribution in [0.15, 0.2) is 170 Å². The predicted molar refractivity (Wildman–Crippen MR) is 205 cm³/mol. The minimum absolute atomic E-state index is 0.0887. The standard InChI is InChI=1S/C45H35BN2/c1-31(2)32-23-25-34(26-24-32)36-27-28-42-40(30-36)46-39-19-9-10-20-41(39)47(37-16-7-4-8-17-37)43-21-12-22-44(45(43)46)48(42)38-18-11-15-35(29-38)33-13-5-3-6-14-33/h3-31H,1-2H3. The van der Waals surface area contributed by atoms with E-state index < -0.39 is 0 Å². The van der Waals surface area contributed by atoms with Crippen LogP contribution in [0.25, 0.3) is 22.3 Å². The van der Waals surface area contributed by atoms with E-state index in [1.54, 1.807) is 0 Å². The second-order valence-corrected chi connectivity index (χ2v) is 13.2. The van der Waals surface area contributed by atoms with Crippen LogP contribution >= 0.6 is 0 Å². The molecule has 0 bridgehead atoms. The lowest BCUT2D eigenvalue weighted by Crippen LogP contribution is -2.61. The van der Waals surface area contributed by atoms with Crippen molar-refractivity contribution in [3.63, 3.8) is 0 Å². The SMILES string of the molecule is CC(C)c1ccc(-c2ccc3c(c2)B2c4ccccc4N(c4ccccc4)c4cccc(c42)N3c2cccc(-c3ccccc3)c2)cc1. The molecule has 0 radical (unpaired) electrons. The van der Waals surface area contributed by atoms with E-state index in [1.165, 1.54) is 72.6 Å². The summed E-state index contributed by atoms with van der Waals surface area (Å²) in [7, 11) is 0. The first-order valence-electron chi connectivity index (χ1n) is 16.9. The fourth-order valence-electron chi connectivity index (χ4n) is 7.72. The van der Waals surface area contributed by atoms with Gasteiger partial charge in [-0.2, -0.15) is 0 Å². The number of nitrogens with zero attached hydrogens (tertiary/aromatic N) is 2. The summed E-state index contributed by atoms with van der Waals surface area (Å²) in [5.74, 6) is 0.504. The third-order valence-electron chi connectivity index (χ3n) is 10.0. The van der Waals surface area contributed by atoms with Crippen LogP contribution < -0.4 is 26.2 Å². The molecule has 0 N–H and O–H groups in total. The van der Waals surface area contributed by atoms with Crippen molar-refractivity contribution in [3.05, 3.63) is 175 Å². The average molecular weight is 615 g/mol. The van der Waals surface area contributed by atoms with E-state index in [1.807, 2.05) is 0 Å². The summed E-state index contributed by atoms with van der Waals surface area (Å²) in [6.07, 6.45) is 0. The Balaban J connectivity index is 1.30. The summed E-state index contributed by atoms with van der Waals surface area (Å²) < 4.78 is 0. The van der Waals surface area contributed by atoms with E-state index >= 15 is 0 Å². The van der Waals surface area contributed by atoms with Crippen molar-refractivity contribution >= 4 is 57.2 Å². The molecule has 2 heterocycles. The van der Waals surface area contributed by atoms with Gasteiger partial charge in [0.2, 0.25) is 0 Å². The van der Waals surface area contributed by atoms with Gasteiger partial charge in [-0.05, 0) is 98.7 Å². The highest BCUT2D eigenvalue weighted by atomic mass is 15.2. The largest absolute Gasteiger partial charge is 0.311 e. The van der Waals surface area contributed by atoms with Gasteiger partial charge in [-0.1, -0.05) is 135 Å². The van der Waals surface area contributed by atoms with Gasteiger partial charge in [0.05, 0.1) is 0 Å². The van der Waals surface area contributed by atoms with E-state index in [0.29, 0.717) is 5.92 Å². The van der Waals surface area contributed by atoms with Crippen molar-refractivity contribution in [2.75, 3.05) is 9.80 Å². The second kappa shape index (κ2) is 11.5. The molecule has 0 spiro atoms. The van der Waals surface area contributed by atoms with Crippen LogP contribution in [0.1, 0.15) is 25.3 Å². The Kier molecular flexibility index (Phi) is 6.79. The molecule has 3 heteroatoms. The van der Waals surface area contributed by atoms with E-state index in [4.69, 9.17) is 0 Å². The third kappa shape index (κ3) is 4.58. The van der Waals surface area contributed by atoms with E-state index in [-0.39, 0.29) is 6.71 Å². The molecule has 7 aromatic carbocycles. The predicted octanol–water partition coefficient (Wildman–Crippen LogP) is 10.2. The molecule has 0 aliphatic carbocycles. The highest BCUT2D eigenvalue weighted by molar-refractivity contribution is 7.00. The number of rotatable bonds is 5. The van der Waals surface area contributed by atoms with Crippen LogP contribution in [0.5, 0.6) is 0 Å². The minimum atomic E-state index is 0.0887. The summed E-state index contributed by atoms with van der Waals surface area (Å²) >= 11 is 0. The van der Waals surface area contributed by atoms with Crippen LogP contribution in [-0.2, 0) is 0 Å². The molecule has 0 unspecified atom stereocenters. The summed E-state index contributed by atoms with van der Waals surface area (Å²) in [5.41, 5.74) is 17.5. The number of para-hydroxylation sites is 2. The molecular weight excluding hydrogens is 579 g/mol. The molecule has 0 aromatic heterocycles. The maximum absolute atomic E-state index is 2.49. The first kappa shape index (κ1) is 28.4. The van der Waals surface area contributed by atoms with Crippen LogP contribution in [0.4, 0.5) is 34.1 Å². The van der Waals surface area contributed by atoms with E-state index in [2.05, 4.69) is 194 Å². The van der Waals surface area contributed by atoms with Gasteiger partial charge in [0, 0.05) is 34.1 Å². The highest BCUT2D eigenvalue weighted by Gasteiger charge is 2.43. The van der Waals surface area contributed by atoms with Gasteiger partial charge in [-0.15, -0.1) is 0 Å². The topological polar surface area (TPSA) is 6.48 Å². The van der Waals surface area contributed by atoms with Crippen molar-refractivity contribution < 1.29 is 0 Å². The Morgan fingerprint density at radius 1 is 0.396 bits per heavy atom. The molecule has 0 atom stereocenters. The number of hydrogen-bond acceptors (Lipinski definition) is 2. The monoisotopic (exact) mass is 614 g/mol. The summed E-state index contributed by atoms with van der Waals surface area (Å²) in [4.78, 5) is 4.93. The Morgan fingerprint density at radius 3 is 1.67 bits per heavy atom. The molecule has 9 rings (SSSR count). The summed E-state index contributed by atoms with van der Waals surface area (Å²) in [6, 6.07) is 62.5. The van der Waals surface area contributed by atoms with Gasteiger partial charge in [0.1, 0.15) is 0 Å². The Morgan fingerprint density at radius 2 is 0.917 bits per heavy atom. The smallest absolute Gasteiger partial charge is 0.252 e. The Hall–Kier alpha value is -5.80. The molecule has 2 aliphatic heterocycles. The maximum atomic E-state index is 2.49. The van der Waals surface area contributed by atoms with Gasteiger partial charge in [-0.3, -0.25) is 0 Å². The van der Waals surface area contributed by atoms with Crippen LogP contribution in [-0.4, -0.2) is 6.71 Å². The van der Waals surface area contributed by atoms with Gasteiger partial charge < -0.3 is 9.80 Å². The van der Waals surface area contributed by atoms with Crippen LogP contribution in [0.3, 0.4) is 0 Å². The zero-order valence-corrected chi connectivity index (χ0v) is 27.2. The van der Waals surface area contributed by atoms with Crippen molar-refractivity contribution in [2.24, 2.45) is 0 Å². The lowest BCUT2D eigenvalue weighted by atomic mass is 9.33. The van der Waals surface area contributed by atoms with Gasteiger partial charge in [-0.25, -0.2) is 0 Å².